The van der Waals surface area contributed by atoms with Gasteiger partial charge in [0, 0.05) is 0 Å². The van der Waals surface area contributed by atoms with Crippen molar-refractivity contribution in [3.8, 4) is 6.07 Å². The van der Waals surface area contributed by atoms with E-state index in [2.05, 4.69) is 0 Å². The molecule has 8 nitrogen and oxygen atoms in total. The molecule has 4 rings (SSSR count). The monoisotopic (exact) mass is 440 g/mol. The zero-order chi connectivity index (χ0) is 23.4. The highest BCUT2D eigenvalue weighted by molar-refractivity contribution is 6.25. The Hall–Kier alpha value is -4.77. The summed E-state index contributed by atoms with van der Waals surface area (Å²) in [6.45, 7) is 0. The Labute approximate surface area is 188 Å². The maximum Gasteiger partial charge on any atom is 0.339 e. The molecule has 0 saturated carbocycles. The number of carbonyl (C=O) groups excluding carboxylic acids is 4. The molecule has 1 saturated heterocycles. The fourth-order valence-electron chi connectivity index (χ4n) is 3.30. The first-order chi connectivity index (χ1) is 16.0. The standard InChI is InChI=1S/C25H16N2O6/c26-15-16-11-13-19(14-12-16)27-22(28)20(32-24(30)17-7-3-1-4-8-17)21(23(27)29)33-25(31)18-9-5-2-6-10-18/h1-14,20-21H/t20-,21-/m0/s1. The number of carbonyl (C=O) groups is 4. The van der Waals surface area contributed by atoms with Gasteiger partial charge in [-0.3, -0.25) is 9.59 Å². The molecule has 1 heterocycles. The smallest absolute Gasteiger partial charge is 0.339 e. The van der Waals surface area contributed by atoms with Crippen LogP contribution in [0.5, 0.6) is 0 Å². The second kappa shape index (κ2) is 9.16. The summed E-state index contributed by atoms with van der Waals surface area (Å²) >= 11 is 0. The largest absolute Gasteiger partial charge is 0.444 e. The van der Waals surface area contributed by atoms with E-state index in [9.17, 15) is 19.2 Å². The minimum atomic E-state index is -1.67. The van der Waals surface area contributed by atoms with Crippen molar-refractivity contribution < 1.29 is 28.7 Å². The molecule has 0 spiro atoms. The van der Waals surface area contributed by atoms with E-state index in [0.717, 1.165) is 4.90 Å². The van der Waals surface area contributed by atoms with Crippen LogP contribution in [0, 0.1) is 11.3 Å². The van der Waals surface area contributed by atoms with Gasteiger partial charge in [-0.25, -0.2) is 14.5 Å². The van der Waals surface area contributed by atoms with Crippen molar-refractivity contribution in [2.24, 2.45) is 0 Å². The molecule has 0 aromatic heterocycles. The van der Waals surface area contributed by atoms with Crippen LogP contribution in [-0.4, -0.2) is 36.0 Å². The molecular weight excluding hydrogens is 424 g/mol. The number of nitriles is 1. The summed E-state index contributed by atoms with van der Waals surface area (Å²) in [5, 5.41) is 8.98. The van der Waals surface area contributed by atoms with Crippen molar-refractivity contribution in [1.82, 2.24) is 0 Å². The van der Waals surface area contributed by atoms with Gasteiger partial charge in [0.05, 0.1) is 28.4 Å². The summed E-state index contributed by atoms with van der Waals surface area (Å²) in [5.41, 5.74) is 0.824. The van der Waals surface area contributed by atoms with E-state index in [-0.39, 0.29) is 16.8 Å². The van der Waals surface area contributed by atoms with Crippen LogP contribution in [0.4, 0.5) is 5.69 Å². The summed E-state index contributed by atoms with van der Waals surface area (Å²) in [6.07, 6.45) is -3.35. The Morgan fingerprint density at radius 3 is 1.52 bits per heavy atom. The van der Waals surface area contributed by atoms with E-state index in [1.165, 1.54) is 48.5 Å². The third kappa shape index (κ3) is 4.34. The molecule has 2 atom stereocenters. The topological polar surface area (TPSA) is 114 Å². The number of hydrogen-bond acceptors (Lipinski definition) is 7. The molecular formula is C25H16N2O6. The molecule has 2 amide bonds. The number of anilines is 1. The number of rotatable bonds is 5. The van der Waals surface area contributed by atoms with Crippen LogP contribution in [-0.2, 0) is 19.1 Å². The van der Waals surface area contributed by atoms with Crippen molar-refractivity contribution >= 4 is 29.4 Å². The SMILES string of the molecule is N#Cc1ccc(N2C(=O)[C@@H](OC(=O)c3ccccc3)[C@H](OC(=O)c3ccccc3)C2=O)cc1. The molecule has 162 valence electrons. The first kappa shape index (κ1) is 21.5. The number of hydrogen-bond donors (Lipinski definition) is 0. The Kier molecular flexibility index (Phi) is 5.96. The molecule has 0 N–H and O–H groups in total. The number of nitrogens with zero attached hydrogens (tertiary/aromatic N) is 2. The lowest BCUT2D eigenvalue weighted by Crippen LogP contribution is -2.37. The van der Waals surface area contributed by atoms with Gasteiger partial charge < -0.3 is 9.47 Å². The lowest BCUT2D eigenvalue weighted by Gasteiger charge is -2.16. The predicted molar refractivity (Wildman–Crippen MR) is 115 cm³/mol. The van der Waals surface area contributed by atoms with Gasteiger partial charge in [-0.15, -0.1) is 0 Å². The molecule has 0 radical (unpaired) electrons. The summed E-state index contributed by atoms with van der Waals surface area (Å²) in [6, 6.07) is 23.5. The Morgan fingerprint density at radius 1 is 0.697 bits per heavy atom. The first-order valence-corrected chi connectivity index (χ1v) is 9.89. The number of imide groups is 1. The summed E-state index contributed by atoms with van der Waals surface area (Å²) in [4.78, 5) is 52.3. The molecule has 1 fully saturated rings. The van der Waals surface area contributed by atoms with Crippen molar-refractivity contribution in [2.45, 2.75) is 12.2 Å². The van der Waals surface area contributed by atoms with Gasteiger partial charge in [0.2, 0.25) is 12.2 Å². The molecule has 0 bridgehead atoms. The van der Waals surface area contributed by atoms with Crippen molar-refractivity contribution in [3.05, 3.63) is 102 Å². The van der Waals surface area contributed by atoms with Gasteiger partial charge in [0.1, 0.15) is 0 Å². The molecule has 3 aromatic rings. The lowest BCUT2D eigenvalue weighted by atomic mass is 10.2. The third-order valence-electron chi connectivity index (χ3n) is 4.94. The summed E-state index contributed by atoms with van der Waals surface area (Å²) in [7, 11) is 0. The van der Waals surface area contributed by atoms with E-state index in [4.69, 9.17) is 14.7 Å². The Bertz CT molecular complexity index is 1180. The molecule has 8 heteroatoms. The van der Waals surface area contributed by atoms with E-state index < -0.39 is 36.0 Å². The van der Waals surface area contributed by atoms with Gasteiger partial charge in [-0.1, -0.05) is 36.4 Å². The van der Waals surface area contributed by atoms with Gasteiger partial charge in [0.15, 0.2) is 0 Å². The highest BCUT2D eigenvalue weighted by Crippen LogP contribution is 2.28. The van der Waals surface area contributed by atoms with Crippen LogP contribution in [0.3, 0.4) is 0 Å². The zero-order valence-electron chi connectivity index (χ0n) is 17.1. The maximum absolute atomic E-state index is 13.1. The molecule has 1 aliphatic rings. The fraction of sp³-hybridized carbons (Fsp3) is 0.0800. The number of ether oxygens (including phenoxy) is 2. The fourth-order valence-corrected chi connectivity index (χ4v) is 3.30. The molecule has 0 unspecified atom stereocenters. The quantitative estimate of drug-likeness (QED) is 0.443. The number of amides is 2. The van der Waals surface area contributed by atoms with E-state index in [1.54, 1.807) is 36.4 Å². The van der Waals surface area contributed by atoms with Crippen LogP contribution >= 0.6 is 0 Å². The summed E-state index contributed by atoms with van der Waals surface area (Å²) in [5.74, 6) is -3.41. The second-order valence-electron chi connectivity index (χ2n) is 7.05. The maximum atomic E-state index is 13.1. The van der Waals surface area contributed by atoms with Crippen molar-refractivity contribution in [2.75, 3.05) is 4.90 Å². The highest BCUT2D eigenvalue weighted by atomic mass is 16.6. The molecule has 33 heavy (non-hydrogen) atoms. The average Bonchev–Trinajstić information content (AvgIpc) is 3.09. The van der Waals surface area contributed by atoms with Crippen LogP contribution in [0.15, 0.2) is 84.9 Å². The van der Waals surface area contributed by atoms with Crippen molar-refractivity contribution in [1.29, 1.82) is 5.26 Å². The van der Waals surface area contributed by atoms with E-state index >= 15 is 0 Å². The van der Waals surface area contributed by atoms with Crippen LogP contribution in [0.2, 0.25) is 0 Å². The van der Waals surface area contributed by atoms with Gasteiger partial charge in [0.25, 0.3) is 11.8 Å². The second-order valence-corrected chi connectivity index (χ2v) is 7.05. The normalized spacial score (nSPS) is 17.4. The molecule has 0 aliphatic carbocycles. The van der Waals surface area contributed by atoms with Gasteiger partial charge in [-0.2, -0.15) is 5.26 Å². The highest BCUT2D eigenvalue weighted by Gasteiger charge is 2.53. The minimum absolute atomic E-state index is 0.156. The summed E-state index contributed by atoms with van der Waals surface area (Å²) < 4.78 is 10.7. The van der Waals surface area contributed by atoms with Crippen LogP contribution in [0.25, 0.3) is 0 Å². The third-order valence-corrected chi connectivity index (χ3v) is 4.94. The van der Waals surface area contributed by atoms with Gasteiger partial charge >= 0.3 is 11.9 Å². The van der Waals surface area contributed by atoms with Crippen molar-refractivity contribution in [3.63, 3.8) is 0 Å². The average molecular weight is 440 g/mol. The van der Waals surface area contributed by atoms with E-state index in [1.807, 2.05) is 6.07 Å². The first-order valence-electron chi connectivity index (χ1n) is 9.89. The Morgan fingerprint density at radius 2 is 1.12 bits per heavy atom. The number of esters is 2. The van der Waals surface area contributed by atoms with Crippen LogP contribution < -0.4 is 4.90 Å². The predicted octanol–water partition coefficient (Wildman–Crippen LogP) is 2.88. The van der Waals surface area contributed by atoms with Crippen LogP contribution in [0.1, 0.15) is 26.3 Å². The molecule has 3 aromatic carbocycles. The minimum Gasteiger partial charge on any atom is -0.444 e. The lowest BCUT2D eigenvalue weighted by molar-refractivity contribution is -0.130. The van der Waals surface area contributed by atoms with E-state index in [0.29, 0.717) is 5.56 Å². The molecule has 1 aliphatic heterocycles. The zero-order valence-corrected chi connectivity index (χ0v) is 17.1. The Balaban J connectivity index is 1.65. The number of benzene rings is 3. The van der Waals surface area contributed by atoms with Gasteiger partial charge in [-0.05, 0) is 48.5 Å².